The van der Waals surface area contributed by atoms with E-state index in [0.717, 1.165) is 5.56 Å². The number of halogens is 3. The Morgan fingerprint density at radius 2 is 1.40 bits per heavy atom. The van der Waals surface area contributed by atoms with E-state index in [0.29, 0.717) is 5.56 Å². The molecule has 0 fully saturated rings. The average molecular weight is 280 g/mol. The van der Waals surface area contributed by atoms with Crippen molar-refractivity contribution in [3.8, 4) is 0 Å². The number of hydrogen-bond acceptors (Lipinski definition) is 1. The minimum Gasteiger partial charge on any atom is -0.372 e. The lowest BCUT2D eigenvalue weighted by Crippen LogP contribution is -2.43. The van der Waals surface area contributed by atoms with Crippen LogP contribution in [0.2, 0.25) is 0 Å². The van der Waals surface area contributed by atoms with Gasteiger partial charge in [-0.25, -0.2) is 0 Å². The maximum Gasteiger partial charge on any atom is 0.425 e. The van der Waals surface area contributed by atoms with Crippen LogP contribution in [0.5, 0.6) is 0 Å². The van der Waals surface area contributed by atoms with Gasteiger partial charge in [-0.2, -0.15) is 13.2 Å². The maximum absolute atomic E-state index is 13.5. The van der Waals surface area contributed by atoms with Gasteiger partial charge in [0.25, 0.3) is 0 Å². The van der Waals surface area contributed by atoms with E-state index in [1.165, 1.54) is 30.3 Å². The molecule has 20 heavy (non-hydrogen) atoms. The van der Waals surface area contributed by atoms with Crippen molar-refractivity contribution in [2.75, 3.05) is 0 Å². The topological polar surface area (TPSA) is 20.2 Å². The summed E-state index contributed by atoms with van der Waals surface area (Å²) in [4.78, 5) is 0. The standard InChI is InChI=1S/C16H15F3O/c1-11-6-8-13(9-7-11)15(20,16(17,18)19)14-5-3-4-12(2)10-14/h3-10,20H,1-2H3. The summed E-state index contributed by atoms with van der Waals surface area (Å²) in [7, 11) is 0. The van der Waals surface area contributed by atoms with Crippen LogP contribution in [-0.2, 0) is 5.60 Å². The fraction of sp³-hybridized carbons (Fsp3) is 0.250. The van der Waals surface area contributed by atoms with Crippen LogP contribution in [0.1, 0.15) is 22.3 Å². The summed E-state index contributed by atoms with van der Waals surface area (Å²) in [6.07, 6.45) is -4.80. The van der Waals surface area contributed by atoms with Gasteiger partial charge in [-0.05, 0) is 25.0 Å². The third-order valence-corrected chi connectivity index (χ3v) is 3.32. The van der Waals surface area contributed by atoms with Crippen molar-refractivity contribution in [2.45, 2.75) is 25.6 Å². The van der Waals surface area contributed by atoms with Crippen LogP contribution in [0, 0.1) is 13.8 Å². The van der Waals surface area contributed by atoms with Gasteiger partial charge in [-0.15, -0.1) is 0 Å². The van der Waals surface area contributed by atoms with Gasteiger partial charge in [0, 0.05) is 0 Å². The summed E-state index contributed by atoms with van der Waals surface area (Å²) in [6, 6.07) is 11.6. The van der Waals surface area contributed by atoms with E-state index in [1.54, 1.807) is 32.0 Å². The summed E-state index contributed by atoms with van der Waals surface area (Å²) >= 11 is 0. The number of rotatable bonds is 2. The minimum absolute atomic E-state index is 0.172. The van der Waals surface area contributed by atoms with Gasteiger partial charge in [0.05, 0.1) is 0 Å². The number of alkyl halides is 3. The van der Waals surface area contributed by atoms with E-state index >= 15 is 0 Å². The molecular weight excluding hydrogens is 265 g/mol. The predicted octanol–water partition coefficient (Wildman–Crippen LogP) is 4.10. The van der Waals surface area contributed by atoms with E-state index < -0.39 is 11.8 Å². The highest BCUT2D eigenvalue weighted by Crippen LogP contribution is 2.44. The van der Waals surface area contributed by atoms with Gasteiger partial charge in [-0.3, -0.25) is 0 Å². The fourth-order valence-corrected chi connectivity index (χ4v) is 2.16. The molecule has 1 N–H and O–H groups in total. The molecule has 1 unspecified atom stereocenters. The van der Waals surface area contributed by atoms with Gasteiger partial charge in [0.15, 0.2) is 0 Å². The van der Waals surface area contributed by atoms with E-state index in [9.17, 15) is 18.3 Å². The monoisotopic (exact) mass is 280 g/mol. The maximum atomic E-state index is 13.5. The Morgan fingerprint density at radius 3 is 1.90 bits per heavy atom. The molecule has 0 saturated heterocycles. The van der Waals surface area contributed by atoms with Crippen molar-refractivity contribution in [2.24, 2.45) is 0 Å². The highest BCUT2D eigenvalue weighted by molar-refractivity contribution is 5.40. The second-order valence-electron chi connectivity index (χ2n) is 4.94. The van der Waals surface area contributed by atoms with Crippen LogP contribution in [-0.4, -0.2) is 11.3 Å². The Morgan fingerprint density at radius 1 is 0.800 bits per heavy atom. The Kier molecular flexibility index (Phi) is 3.61. The molecule has 0 spiro atoms. The van der Waals surface area contributed by atoms with Crippen molar-refractivity contribution < 1.29 is 18.3 Å². The van der Waals surface area contributed by atoms with Crippen LogP contribution in [0.15, 0.2) is 48.5 Å². The molecule has 0 aliphatic rings. The van der Waals surface area contributed by atoms with E-state index in [1.807, 2.05) is 0 Å². The van der Waals surface area contributed by atoms with Crippen LogP contribution < -0.4 is 0 Å². The average Bonchev–Trinajstić information content (AvgIpc) is 2.37. The second-order valence-corrected chi connectivity index (χ2v) is 4.94. The molecule has 0 radical (unpaired) electrons. The zero-order valence-electron chi connectivity index (χ0n) is 11.2. The molecule has 0 amide bonds. The number of aliphatic hydroxyl groups is 1. The lowest BCUT2D eigenvalue weighted by atomic mass is 9.84. The number of aryl methyl sites for hydroxylation is 2. The molecule has 0 aliphatic carbocycles. The summed E-state index contributed by atoms with van der Waals surface area (Å²) in [5, 5.41) is 10.4. The van der Waals surface area contributed by atoms with Gasteiger partial charge < -0.3 is 5.11 Å². The molecule has 0 aromatic heterocycles. The highest BCUT2D eigenvalue weighted by atomic mass is 19.4. The molecule has 2 rings (SSSR count). The van der Waals surface area contributed by atoms with E-state index in [-0.39, 0.29) is 11.1 Å². The van der Waals surface area contributed by atoms with Crippen LogP contribution in [0.25, 0.3) is 0 Å². The fourth-order valence-electron chi connectivity index (χ4n) is 2.16. The van der Waals surface area contributed by atoms with Gasteiger partial charge in [0.1, 0.15) is 0 Å². The second kappa shape index (κ2) is 4.94. The smallest absolute Gasteiger partial charge is 0.372 e. The van der Waals surface area contributed by atoms with E-state index in [4.69, 9.17) is 0 Å². The van der Waals surface area contributed by atoms with Crippen molar-refractivity contribution in [1.29, 1.82) is 0 Å². The van der Waals surface area contributed by atoms with Crippen molar-refractivity contribution in [3.05, 3.63) is 70.8 Å². The van der Waals surface area contributed by atoms with Crippen molar-refractivity contribution in [3.63, 3.8) is 0 Å². The zero-order chi connectivity index (χ0) is 15.0. The van der Waals surface area contributed by atoms with Crippen LogP contribution >= 0.6 is 0 Å². The zero-order valence-corrected chi connectivity index (χ0v) is 11.2. The summed E-state index contributed by atoms with van der Waals surface area (Å²) in [5.74, 6) is 0. The molecular formula is C16H15F3O. The molecule has 0 heterocycles. The predicted molar refractivity (Wildman–Crippen MR) is 71.4 cm³/mol. The first-order valence-electron chi connectivity index (χ1n) is 6.18. The molecule has 0 saturated carbocycles. The molecule has 4 heteroatoms. The molecule has 2 aromatic rings. The molecule has 0 aliphatic heterocycles. The molecule has 2 aromatic carbocycles. The van der Waals surface area contributed by atoms with Crippen molar-refractivity contribution >= 4 is 0 Å². The molecule has 1 atom stereocenters. The summed E-state index contributed by atoms with van der Waals surface area (Å²) in [5.41, 5.74) is -1.85. The number of hydrogen-bond donors (Lipinski definition) is 1. The molecule has 1 nitrogen and oxygen atoms in total. The van der Waals surface area contributed by atoms with Crippen molar-refractivity contribution in [1.82, 2.24) is 0 Å². The SMILES string of the molecule is Cc1ccc(C(O)(c2cccc(C)c2)C(F)(F)F)cc1. The van der Waals surface area contributed by atoms with E-state index in [2.05, 4.69) is 0 Å². The highest BCUT2D eigenvalue weighted by Gasteiger charge is 2.56. The molecule has 106 valence electrons. The Hall–Kier alpha value is -1.81. The minimum atomic E-state index is -4.80. The first-order chi connectivity index (χ1) is 9.25. The van der Waals surface area contributed by atoms with Gasteiger partial charge in [-0.1, -0.05) is 59.7 Å². The first kappa shape index (κ1) is 14.6. The first-order valence-corrected chi connectivity index (χ1v) is 6.18. The quantitative estimate of drug-likeness (QED) is 0.878. The van der Waals surface area contributed by atoms with Gasteiger partial charge >= 0.3 is 6.18 Å². The molecule has 0 bridgehead atoms. The lowest BCUT2D eigenvalue weighted by Gasteiger charge is -2.31. The Labute approximate surface area is 115 Å². The van der Waals surface area contributed by atoms with Crippen LogP contribution in [0.3, 0.4) is 0 Å². The van der Waals surface area contributed by atoms with Crippen LogP contribution in [0.4, 0.5) is 13.2 Å². The largest absolute Gasteiger partial charge is 0.425 e. The summed E-state index contributed by atoms with van der Waals surface area (Å²) in [6.45, 7) is 3.47. The lowest BCUT2D eigenvalue weighted by molar-refractivity contribution is -0.248. The Balaban J connectivity index is 2.66. The van der Waals surface area contributed by atoms with Gasteiger partial charge in [0.2, 0.25) is 5.60 Å². The number of benzene rings is 2. The third-order valence-electron chi connectivity index (χ3n) is 3.32. The Bertz CT molecular complexity index is 602. The third kappa shape index (κ3) is 2.43. The normalized spacial score (nSPS) is 14.9. The summed E-state index contributed by atoms with van der Waals surface area (Å²) < 4.78 is 40.4.